The molecule has 0 radical (unpaired) electrons. The van der Waals surface area contributed by atoms with Gasteiger partial charge >= 0.3 is 6.03 Å². The van der Waals surface area contributed by atoms with Gasteiger partial charge < -0.3 is 15.7 Å². The second kappa shape index (κ2) is 7.07. The first kappa shape index (κ1) is 14.6. The van der Waals surface area contributed by atoms with Gasteiger partial charge in [0.2, 0.25) is 0 Å². The summed E-state index contributed by atoms with van der Waals surface area (Å²) < 4.78 is 0. The molecule has 0 aliphatic rings. The third-order valence-corrected chi connectivity index (χ3v) is 3.73. The molecule has 0 unspecified atom stereocenters. The number of nitrogens with one attached hydrogen (secondary N) is 2. The molecule has 2 aromatic rings. The number of para-hydroxylation sites is 1. The monoisotopic (exact) mass is 290 g/mol. The highest BCUT2D eigenvalue weighted by Gasteiger charge is 2.09. The van der Waals surface area contributed by atoms with Crippen molar-refractivity contribution in [2.24, 2.45) is 0 Å². The molecule has 0 bridgehead atoms. The molecule has 1 aromatic heterocycles. The van der Waals surface area contributed by atoms with Crippen LogP contribution in [0.15, 0.2) is 41.1 Å². The molecule has 4 nitrogen and oxygen atoms in total. The molecule has 0 saturated heterocycles. The van der Waals surface area contributed by atoms with Crippen molar-refractivity contribution in [2.75, 3.05) is 11.9 Å². The lowest BCUT2D eigenvalue weighted by atomic mass is 10.1. The van der Waals surface area contributed by atoms with E-state index in [1.807, 2.05) is 48.0 Å². The summed E-state index contributed by atoms with van der Waals surface area (Å²) >= 11 is 1.55. The maximum Gasteiger partial charge on any atom is 0.319 e. The van der Waals surface area contributed by atoms with E-state index in [-0.39, 0.29) is 6.03 Å². The van der Waals surface area contributed by atoms with Crippen molar-refractivity contribution in [3.8, 4) is 0 Å². The van der Waals surface area contributed by atoms with Gasteiger partial charge in [-0.05, 0) is 47.4 Å². The summed E-state index contributed by atoms with van der Waals surface area (Å²) in [6.07, 6.45) is -0.0298. The van der Waals surface area contributed by atoms with Gasteiger partial charge in [-0.15, -0.1) is 0 Å². The molecular formula is C15H18N2O2S. The van der Waals surface area contributed by atoms with Gasteiger partial charge in [0.1, 0.15) is 0 Å². The Morgan fingerprint density at radius 1 is 1.35 bits per heavy atom. The van der Waals surface area contributed by atoms with E-state index in [1.54, 1.807) is 11.3 Å². The van der Waals surface area contributed by atoms with Crippen LogP contribution in [0.5, 0.6) is 0 Å². The van der Waals surface area contributed by atoms with Crippen molar-refractivity contribution in [3.63, 3.8) is 0 Å². The average molecular weight is 290 g/mol. The Morgan fingerprint density at radius 3 is 2.85 bits per heavy atom. The third-order valence-electron chi connectivity index (χ3n) is 3.02. The van der Waals surface area contributed by atoms with E-state index in [1.165, 1.54) is 0 Å². The molecule has 2 rings (SSSR count). The Balaban J connectivity index is 1.74. The van der Waals surface area contributed by atoms with E-state index in [2.05, 4.69) is 10.6 Å². The van der Waals surface area contributed by atoms with Gasteiger partial charge in [0, 0.05) is 12.2 Å². The van der Waals surface area contributed by atoms with Gasteiger partial charge in [-0.3, -0.25) is 0 Å². The topological polar surface area (TPSA) is 61.4 Å². The number of hydrogen-bond acceptors (Lipinski definition) is 3. The van der Waals surface area contributed by atoms with Gasteiger partial charge in [-0.2, -0.15) is 11.3 Å². The molecule has 20 heavy (non-hydrogen) atoms. The van der Waals surface area contributed by atoms with Crippen LogP contribution in [0.3, 0.4) is 0 Å². The van der Waals surface area contributed by atoms with Gasteiger partial charge in [-0.25, -0.2) is 4.79 Å². The fourth-order valence-electron chi connectivity index (χ4n) is 1.83. The van der Waals surface area contributed by atoms with E-state index in [9.17, 15) is 9.90 Å². The van der Waals surface area contributed by atoms with E-state index >= 15 is 0 Å². The first-order valence-corrected chi connectivity index (χ1v) is 7.42. The molecular weight excluding hydrogens is 272 g/mol. The highest BCUT2D eigenvalue weighted by atomic mass is 32.1. The van der Waals surface area contributed by atoms with Crippen LogP contribution in [0.4, 0.5) is 10.5 Å². The molecule has 5 heteroatoms. The zero-order valence-electron chi connectivity index (χ0n) is 11.3. The summed E-state index contributed by atoms with van der Waals surface area (Å²) in [5.74, 6) is 0. The Hall–Kier alpha value is -1.85. The number of anilines is 1. The normalized spacial score (nSPS) is 11.9. The highest BCUT2D eigenvalue weighted by Crippen LogP contribution is 2.18. The van der Waals surface area contributed by atoms with Gasteiger partial charge in [0.25, 0.3) is 0 Å². The maximum atomic E-state index is 11.7. The first-order valence-electron chi connectivity index (χ1n) is 6.47. The Labute approximate surface area is 122 Å². The van der Waals surface area contributed by atoms with E-state index in [4.69, 9.17) is 0 Å². The molecule has 0 saturated carbocycles. The van der Waals surface area contributed by atoms with Gasteiger partial charge in [-0.1, -0.05) is 18.2 Å². The number of amides is 2. The van der Waals surface area contributed by atoms with Crippen LogP contribution in [-0.4, -0.2) is 17.7 Å². The quantitative estimate of drug-likeness (QED) is 0.791. The third kappa shape index (κ3) is 4.08. The molecule has 0 spiro atoms. The number of rotatable bonds is 5. The molecule has 3 N–H and O–H groups in total. The standard InChI is InChI=1S/C15H18N2O2S/c1-11-4-2-3-5-13(11)17-15(19)16-8-6-14(18)12-7-9-20-10-12/h2-5,7,9-10,14,18H,6,8H2,1H3,(H2,16,17,19)/t14-/m0/s1. The molecule has 1 atom stereocenters. The second-order valence-corrected chi connectivity index (χ2v) is 5.34. The minimum atomic E-state index is -0.528. The van der Waals surface area contributed by atoms with Crippen LogP contribution in [0, 0.1) is 6.92 Å². The average Bonchev–Trinajstić information content (AvgIpc) is 2.95. The van der Waals surface area contributed by atoms with Crippen molar-refractivity contribution in [1.29, 1.82) is 0 Å². The largest absolute Gasteiger partial charge is 0.388 e. The lowest BCUT2D eigenvalue weighted by Crippen LogP contribution is -2.30. The first-order chi connectivity index (χ1) is 9.66. The number of carbonyl (C=O) groups is 1. The minimum absolute atomic E-state index is 0.253. The molecule has 1 heterocycles. The van der Waals surface area contributed by atoms with Crippen molar-refractivity contribution in [1.82, 2.24) is 5.32 Å². The predicted octanol–water partition coefficient (Wildman–Crippen LogP) is 3.30. The molecule has 0 aliphatic heterocycles. The van der Waals surface area contributed by atoms with Crippen LogP contribution in [0.2, 0.25) is 0 Å². The van der Waals surface area contributed by atoms with Gasteiger partial charge in [0.05, 0.1) is 6.10 Å². The number of aliphatic hydroxyl groups is 1. The van der Waals surface area contributed by atoms with Crippen molar-refractivity contribution in [3.05, 3.63) is 52.2 Å². The maximum absolute atomic E-state index is 11.7. The summed E-state index contributed by atoms with van der Waals surface area (Å²) in [5, 5.41) is 19.3. The van der Waals surface area contributed by atoms with Crippen LogP contribution in [-0.2, 0) is 0 Å². The molecule has 106 valence electrons. The van der Waals surface area contributed by atoms with Gasteiger partial charge in [0.15, 0.2) is 0 Å². The number of aryl methyl sites for hydroxylation is 1. The molecule has 0 fully saturated rings. The van der Waals surface area contributed by atoms with E-state index in [0.717, 1.165) is 16.8 Å². The van der Waals surface area contributed by atoms with E-state index < -0.39 is 6.10 Å². The number of carbonyl (C=O) groups excluding carboxylic acids is 1. The summed E-state index contributed by atoms with van der Waals surface area (Å²) in [5.41, 5.74) is 2.71. The predicted molar refractivity (Wildman–Crippen MR) is 82.1 cm³/mol. The number of hydrogen-bond donors (Lipinski definition) is 3. The van der Waals surface area contributed by atoms with Crippen molar-refractivity contribution >= 4 is 23.1 Å². The summed E-state index contributed by atoms with van der Waals surface area (Å²) in [4.78, 5) is 11.7. The Morgan fingerprint density at radius 2 is 2.15 bits per heavy atom. The number of urea groups is 1. The smallest absolute Gasteiger partial charge is 0.319 e. The lowest BCUT2D eigenvalue weighted by Gasteiger charge is -2.12. The fraction of sp³-hybridized carbons (Fsp3) is 0.267. The van der Waals surface area contributed by atoms with Crippen LogP contribution >= 0.6 is 11.3 Å². The summed E-state index contributed by atoms with van der Waals surface area (Å²) in [6, 6.07) is 9.24. The lowest BCUT2D eigenvalue weighted by molar-refractivity contribution is 0.168. The van der Waals surface area contributed by atoms with Crippen molar-refractivity contribution < 1.29 is 9.90 Å². The Bertz CT molecular complexity index is 555. The SMILES string of the molecule is Cc1ccccc1NC(=O)NCC[C@H](O)c1ccsc1. The van der Waals surface area contributed by atoms with Crippen LogP contribution in [0.1, 0.15) is 23.7 Å². The zero-order valence-corrected chi connectivity index (χ0v) is 12.1. The fourth-order valence-corrected chi connectivity index (χ4v) is 2.54. The summed E-state index contributed by atoms with van der Waals surface area (Å²) in [6.45, 7) is 2.37. The summed E-state index contributed by atoms with van der Waals surface area (Å²) in [7, 11) is 0. The van der Waals surface area contributed by atoms with Crippen LogP contribution < -0.4 is 10.6 Å². The highest BCUT2D eigenvalue weighted by molar-refractivity contribution is 7.07. The molecule has 0 aliphatic carbocycles. The molecule has 1 aromatic carbocycles. The number of benzene rings is 1. The molecule has 2 amide bonds. The van der Waals surface area contributed by atoms with Crippen LogP contribution in [0.25, 0.3) is 0 Å². The second-order valence-electron chi connectivity index (χ2n) is 4.56. The van der Waals surface area contributed by atoms with E-state index in [0.29, 0.717) is 13.0 Å². The number of thiophene rings is 1. The van der Waals surface area contributed by atoms with Crippen molar-refractivity contribution in [2.45, 2.75) is 19.4 Å². The Kier molecular flexibility index (Phi) is 5.15. The minimum Gasteiger partial charge on any atom is -0.388 e. The number of aliphatic hydroxyl groups excluding tert-OH is 1. The zero-order chi connectivity index (χ0) is 14.4.